The number of amides is 2. The number of aliphatic hydroxyl groups is 1. The molecule has 0 aliphatic rings. The Morgan fingerprint density at radius 1 is 1.59 bits per heavy atom. The van der Waals surface area contributed by atoms with Crippen molar-refractivity contribution in [1.82, 2.24) is 15.6 Å². The molecule has 1 atom stereocenters. The van der Waals surface area contributed by atoms with Crippen LogP contribution in [0.4, 0.5) is 4.79 Å². The first-order valence-corrected chi connectivity index (χ1v) is 5.79. The predicted molar refractivity (Wildman–Crippen MR) is 65.8 cm³/mol. The number of rotatable bonds is 5. The molecule has 1 aromatic rings. The topological polar surface area (TPSA) is 74.2 Å². The second-order valence-electron chi connectivity index (χ2n) is 3.60. The number of hydrogen-bond donors (Lipinski definition) is 3. The summed E-state index contributed by atoms with van der Waals surface area (Å²) in [7, 11) is 0. The lowest BCUT2D eigenvalue weighted by Crippen LogP contribution is -2.43. The Balaban J connectivity index is 2.35. The van der Waals surface area contributed by atoms with E-state index in [1.165, 1.54) is 0 Å². The van der Waals surface area contributed by atoms with E-state index in [4.69, 9.17) is 16.7 Å². The third-order valence-electron chi connectivity index (χ3n) is 2.29. The molecule has 1 unspecified atom stereocenters. The number of carbonyl (C=O) groups is 1. The van der Waals surface area contributed by atoms with Gasteiger partial charge in [0.05, 0.1) is 12.6 Å². The summed E-state index contributed by atoms with van der Waals surface area (Å²) in [5, 5.41) is 14.7. The number of pyridine rings is 1. The zero-order valence-corrected chi connectivity index (χ0v) is 10.4. The monoisotopic (exact) mass is 257 g/mol. The van der Waals surface area contributed by atoms with Gasteiger partial charge >= 0.3 is 6.03 Å². The fourth-order valence-electron chi connectivity index (χ4n) is 1.21. The van der Waals surface area contributed by atoms with E-state index in [2.05, 4.69) is 15.6 Å². The highest BCUT2D eigenvalue weighted by Crippen LogP contribution is 2.04. The molecule has 2 amide bonds. The van der Waals surface area contributed by atoms with E-state index in [0.29, 0.717) is 18.1 Å². The van der Waals surface area contributed by atoms with Crippen LogP contribution in [-0.4, -0.2) is 28.8 Å². The number of aromatic nitrogens is 1. The van der Waals surface area contributed by atoms with Gasteiger partial charge in [-0.05, 0) is 18.1 Å². The SMILES string of the molecule is CCC(CO)NC(=O)NCc1ccc(Cl)nc1. The van der Waals surface area contributed by atoms with Crippen molar-refractivity contribution >= 4 is 17.6 Å². The summed E-state index contributed by atoms with van der Waals surface area (Å²) in [6.07, 6.45) is 2.29. The lowest BCUT2D eigenvalue weighted by atomic mass is 10.2. The normalized spacial score (nSPS) is 11.9. The highest BCUT2D eigenvalue weighted by atomic mass is 35.5. The molecule has 0 aromatic carbocycles. The first-order valence-electron chi connectivity index (χ1n) is 5.41. The van der Waals surface area contributed by atoms with Gasteiger partial charge in [0.1, 0.15) is 5.15 Å². The number of carbonyl (C=O) groups excluding carboxylic acids is 1. The van der Waals surface area contributed by atoms with Crippen molar-refractivity contribution in [3.8, 4) is 0 Å². The minimum Gasteiger partial charge on any atom is -0.394 e. The van der Waals surface area contributed by atoms with Gasteiger partial charge in [-0.1, -0.05) is 24.6 Å². The van der Waals surface area contributed by atoms with Crippen molar-refractivity contribution in [3.05, 3.63) is 29.0 Å². The molecule has 1 rings (SSSR count). The zero-order valence-electron chi connectivity index (χ0n) is 9.61. The quantitative estimate of drug-likeness (QED) is 0.696. The van der Waals surface area contributed by atoms with Crippen molar-refractivity contribution in [2.75, 3.05) is 6.61 Å². The molecule has 3 N–H and O–H groups in total. The summed E-state index contributed by atoms with van der Waals surface area (Å²) in [4.78, 5) is 15.3. The van der Waals surface area contributed by atoms with E-state index in [1.54, 1.807) is 18.3 Å². The van der Waals surface area contributed by atoms with E-state index >= 15 is 0 Å². The van der Waals surface area contributed by atoms with Gasteiger partial charge in [0, 0.05) is 12.7 Å². The maximum absolute atomic E-state index is 11.4. The van der Waals surface area contributed by atoms with Crippen LogP contribution in [0.1, 0.15) is 18.9 Å². The lowest BCUT2D eigenvalue weighted by Gasteiger charge is -2.14. The van der Waals surface area contributed by atoms with E-state index in [9.17, 15) is 4.79 Å². The van der Waals surface area contributed by atoms with Crippen LogP contribution in [-0.2, 0) is 6.54 Å². The van der Waals surface area contributed by atoms with Crippen LogP contribution >= 0.6 is 11.6 Å². The van der Waals surface area contributed by atoms with E-state index in [0.717, 1.165) is 5.56 Å². The van der Waals surface area contributed by atoms with Crippen molar-refractivity contribution in [2.45, 2.75) is 25.9 Å². The molecule has 94 valence electrons. The fraction of sp³-hybridized carbons (Fsp3) is 0.455. The second kappa shape index (κ2) is 7.09. The molecule has 0 saturated carbocycles. The smallest absolute Gasteiger partial charge is 0.315 e. The largest absolute Gasteiger partial charge is 0.394 e. The number of hydrogen-bond acceptors (Lipinski definition) is 3. The molecule has 0 aliphatic carbocycles. The standard InChI is InChI=1S/C11H16ClN3O2/c1-2-9(7-16)15-11(17)14-6-8-3-4-10(12)13-5-8/h3-5,9,16H,2,6-7H2,1H3,(H2,14,15,17). The van der Waals surface area contributed by atoms with E-state index in [1.807, 2.05) is 6.92 Å². The third-order valence-corrected chi connectivity index (χ3v) is 2.51. The van der Waals surface area contributed by atoms with Crippen LogP contribution < -0.4 is 10.6 Å². The molecule has 1 aromatic heterocycles. The molecule has 0 fully saturated rings. The molecule has 0 bridgehead atoms. The molecule has 1 heterocycles. The zero-order chi connectivity index (χ0) is 12.7. The maximum atomic E-state index is 11.4. The highest BCUT2D eigenvalue weighted by molar-refractivity contribution is 6.29. The van der Waals surface area contributed by atoms with Crippen molar-refractivity contribution in [2.24, 2.45) is 0 Å². The van der Waals surface area contributed by atoms with Crippen molar-refractivity contribution < 1.29 is 9.90 Å². The van der Waals surface area contributed by atoms with Gasteiger partial charge in [-0.2, -0.15) is 0 Å². The van der Waals surface area contributed by atoms with Gasteiger partial charge in [0.25, 0.3) is 0 Å². The first kappa shape index (κ1) is 13.7. The summed E-state index contributed by atoms with van der Waals surface area (Å²) in [5.41, 5.74) is 0.863. The Labute approximate surface area is 105 Å². The molecular formula is C11H16ClN3O2. The molecule has 0 saturated heterocycles. The Kier molecular flexibility index (Phi) is 5.72. The van der Waals surface area contributed by atoms with Gasteiger partial charge in [-0.25, -0.2) is 9.78 Å². The minimum absolute atomic E-state index is 0.0631. The van der Waals surface area contributed by atoms with Gasteiger partial charge in [0.2, 0.25) is 0 Å². The van der Waals surface area contributed by atoms with Crippen LogP contribution in [0.15, 0.2) is 18.3 Å². The maximum Gasteiger partial charge on any atom is 0.315 e. The van der Waals surface area contributed by atoms with Crippen LogP contribution in [0.5, 0.6) is 0 Å². The van der Waals surface area contributed by atoms with Gasteiger partial charge in [-0.3, -0.25) is 0 Å². The third kappa shape index (κ3) is 5.01. The first-order chi connectivity index (χ1) is 8.15. The average molecular weight is 258 g/mol. The minimum atomic E-state index is -0.305. The van der Waals surface area contributed by atoms with Gasteiger partial charge < -0.3 is 15.7 Å². The molecule has 0 aliphatic heterocycles. The predicted octanol–water partition coefficient (Wildman–Crippen LogP) is 1.31. The summed E-state index contributed by atoms with van der Waals surface area (Å²) >= 11 is 5.64. The summed E-state index contributed by atoms with van der Waals surface area (Å²) in [5.74, 6) is 0. The fourth-order valence-corrected chi connectivity index (χ4v) is 1.32. The molecule has 17 heavy (non-hydrogen) atoms. The van der Waals surface area contributed by atoms with Crippen LogP contribution in [0.2, 0.25) is 5.15 Å². The lowest BCUT2D eigenvalue weighted by molar-refractivity contribution is 0.214. The highest BCUT2D eigenvalue weighted by Gasteiger charge is 2.08. The van der Waals surface area contributed by atoms with Crippen LogP contribution in [0.25, 0.3) is 0 Å². The second-order valence-corrected chi connectivity index (χ2v) is 3.99. The Morgan fingerprint density at radius 3 is 2.88 bits per heavy atom. The Bertz CT molecular complexity index is 352. The molecule has 0 radical (unpaired) electrons. The summed E-state index contributed by atoms with van der Waals surface area (Å²) in [6.45, 7) is 2.20. The van der Waals surface area contributed by atoms with E-state index in [-0.39, 0.29) is 18.7 Å². The van der Waals surface area contributed by atoms with E-state index < -0.39 is 0 Å². The van der Waals surface area contributed by atoms with Crippen LogP contribution in [0, 0.1) is 0 Å². The van der Waals surface area contributed by atoms with Crippen molar-refractivity contribution in [3.63, 3.8) is 0 Å². The van der Waals surface area contributed by atoms with Crippen molar-refractivity contribution in [1.29, 1.82) is 0 Å². The number of halogens is 1. The van der Waals surface area contributed by atoms with Gasteiger partial charge in [-0.15, -0.1) is 0 Å². The Hall–Kier alpha value is -1.33. The summed E-state index contributed by atoms with van der Waals surface area (Å²) in [6, 6.07) is 2.94. The number of nitrogens with one attached hydrogen (secondary N) is 2. The molecule has 5 nitrogen and oxygen atoms in total. The van der Waals surface area contributed by atoms with Gasteiger partial charge in [0.15, 0.2) is 0 Å². The number of nitrogens with zero attached hydrogens (tertiary/aromatic N) is 1. The molecule has 0 spiro atoms. The molecular weight excluding hydrogens is 242 g/mol. The number of aliphatic hydroxyl groups excluding tert-OH is 1. The van der Waals surface area contributed by atoms with Crippen LogP contribution in [0.3, 0.4) is 0 Å². The Morgan fingerprint density at radius 2 is 2.35 bits per heavy atom. The molecule has 6 heteroatoms. The average Bonchev–Trinajstić information content (AvgIpc) is 2.35. The summed E-state index contributed by atoms with van der Waals surface area (Å²) < 4.78 is 0. The number of urea groups is 1.